The summed E-state index contributed by atoms with van der Waals surface area (Å²) in [5.41, 5.74) is 5.50. The van der Waals surface area contributed by atoms with Gasteiger partial charge < -0.3 is 10.8 Å². The summed E-state index contributed by atoms with van der Waals surface area (Å²) in [7, 11) is -3.80. The van der Waals surface area contributed by atoms with Crippen LogP contribution in [0.25, 0.3) is 0 Å². The predicted octanol–water partition coefficient (Wildman–Crippen LogP) is 1.53. The van der Waals surface area contributed by atoms with Crippen LogP contribution < -0.4 is 5.73 Å². The molecule has 0 saturated heterocycles. The second kappa shape index (κ2) is 5.41. The van der Waals surface area contributed by atoms with Gasteiger partial charge in [-0.3, -0.25) is 0 Å². The molecule has 0 unspecified atom stereocenters. The zero-order valence-electron chi connectivity index (χ0n) is 11.2. The monoisotopic (exact) mass is 298 g/mol. The summed E-state index contributed by atoms with van der Waals surface area (Å²) in [6.07, 6.45) is 2.35. The topological polar surface area (TPSA) is 101 Å². The van der Waals surface area contributed by atoms with Gasteiger partial charge in [-0.15, -0.1) is 0 Å². The van der Waals surface area contributed by atoms with Crippen LogP contribution >= 0.6 is 0 Å². The number of aromatic carboxylic acids is 1. The molecule has 1 fully saturated rings. The van der Waals surface area contributed by atoms with Crippen LogP contribution in [-0.2, 0) is 10.0 Å². The molecule has 3 N–H and O–H groups in total. The van der Waals surface area contributed by atoms with Crippen molar-refractivity contribution in [2.75, 3.05) is 12.3 Å². The molecule has 0 spiro atoms. The maximum Gasteiger partial charge on any atom is 0.337 e. The number of nitrogens with zero attached hydrogens (tertiary/aromatic N) is 1. The highest BCUT2D eigenvalue weighted by atomic mass is 32.2. The number of carbonyl (C=O) groups is 1. The predicted molar refractivity (Wildman–Crippen MR) is 75.0 cm³/mol. The summed E-state index contributed by atoms with van der Waals surface area (Å²) < 4.78 is 26.7. The maximum absolute atomic E-state index is 12.7. The summed E-state index contributed by atoms with van der Waals surface area (Å²) in [5.74, 6) is -1.29. The van der Waals surface area contributed by atoms with E-state index < -0.39 is 16.0 Å². The second-order valence-electron chi connectivity index (χ2n) is 4.91. The van der Waals surface area contributed by atoms with Gasteiger partial charge in [0.25, 0.3) is 0 Å². The van der Waals surface area contributed by atoms with Crippen molar-refractivity contribution in [2.24, 2.45) is 0 Å². The van der Waals surface area contributed by atoms with Crippen LogP contribution in [0.2, 0.25) is 0 Å². The molecule has 0 aromatic heterocycles. The first-order valence-electron chi connectivity index (χ1n) is 6.52. The zero-order chi connectivity index (χ0) is 14.9. The van der Waals surface area contributed by atoms with E-state index in [4.69, 9.17) is 5.73 Å². The molecule has 0 atom stereocenters. The summed E-state index contributed by atoms with van der Waals surface area (Å²) in [6.45, 7) is 2.29. The van der Waals surface area contributed by atoms with Crippen LogP contribution in [0.5, 0.6) is 0 Å². The van der Waals surface area contributed by atoms with Gasteiger partial charge in [0.2, 0.25) is 10.0 Å². The van der Waals surface area contributed by atoms with E-state index in [0.717, 1.165) is 12.8 Å². The average Bonchev–Trinajstić information content (AvgIpc) is 3.19. The van der Waals surface area contributed by atoms with Gasteiger partial charge >= 0.3 is 5.97 Å². The molecule has 1 aromatic carbocycles. The maximum atomic E-state index is 12.7. The Bertz CT molecular complexity index is 623. The first-order valence-corrected chi connectivity index (χ1v) is 7.96. The molecule has 6 nitrogen and oxygen atoms in total. The summed E-state index contributed by atoms with van der Waals surface area (Å²) in [5, 5.41) is 9.18. The van der Waals surface area contributed by atoms with Crippen LogP contribution in [0.15, 0.2) is 23.1 Å². The lowest BCUT2D eigenvalue weighted by atomic mass is 10.2. The van der Waals surface area contributed by atoms with Gasteiger partial charge in [-0.1, -0.05) is 6.92 Å². The fourth-order valence-corrected chi connectivity index (χ4v) is 4.09. The highest BCUT2D eigenvalue weighted by molar-refractivity contribution is 7.89. The van der Waals surface area contributed by atoms with Crippen molar-refractivity contribution in [1.82, 2.24) is 4.31 Å². The average molecular weight is 298 g/mol. The van der Waals surface area contributed by atoms with Gasteiger partial charge in [0, 0.05) is 18.3 Å². The lowest BCUT2D eigenvalue weighted by molar-refractivity contribution is 0.0692. The normalized spacial score (nSPS) is 15.5. The molecular weight excluding hydrogens is 280 g/mol. The number of benzene rings is 1. The highest BCUT2D eigenvalue weighted by Gasteiger charge is 2.38. The minimum Gasteiger partial charge on any atom is -0.478 e. The van der Waals surface area contributed by atoms with Crippen LogP contribution in [0.3, 0.4) is 0 Å². The summed E-state index contributed by atoms with van der Waals surface area (Å²) in [6, 6.07) is 3.88. The first-order chi connectivity index (χ1) is 9.37. The van der Waals surface area contributed by atoms with E-state index in [2.05, 4.69) is 0 Å². The number of sulfonamides is 1. The van der Waals surface area contributed by atoms with Crippen molar-refractivity contribution in [1.29, 1.82) is 0 Å². The quantitative estimate of drug-likeness (QED) is 0.776. The number of hydrogen-bond donors (Lipinski definition) is 2. The smallest absolute Gasteiger partial charge is 0.337 e. The molecule has 0 bridgehead atoms. The number of carboxylic acid groups (broad SMARTS) is 1. The van der Waals surface area contributed by atoms with Gasteiger partial charge in [-0.2, -0.15) is 4.31 Å². The molecular formula is C13H18N2O4S. The van der Waals surface area contributed by atoms with Crippen molar-refractivity contribution in [3.8, 4) is 0 Å². The first kappa shape index (κ1) is 14.8. The molecule has 0 aliphatic heterocycles. The van der Waals surface area contributed by atoms with E-state index in [0.29, 0.717) is 13.0 Å². The molecule has 1 aliphatic rings. The van der Waals surface area contributed by atoms with Gasteiger partial charge in [-0.25, -0.2) is 13.2 Å². The van der Waals surface area contributed by atoms with Crippen molar-refractivity contribution < 1.29 is 18.3 Å². The van der Waals surface area contributed by atoms with Crippen LogP contribution in [0.4, 0.5) is 5.69 Å². The van der Waals surface area contributed by atoms with Gasteiger partial charge in [0.15, 0.2) is 0 Å². The van der Waals surface area contributed by atoms with E-state index in [1.165, 1.54) is 22.5 Å². The Hall–Kier alpha value is -1.60. The van der Waals surface area contributed by atoms with Crippen LogP contribution in [0.1, 0.15) is 36.5 Å². The number of nitrogens with two attached hydrogens (primary N) is 1. The van der Waals surface area contributed by atoms with Crippen molar-refractivity contribution in [3.05, 3.63) is 23.8 Å². The fourth-order valence-electron chi connectivity index (χ4n) is 2.15. The van der Waals surface area contributed by atoms with E-state index in [9.17, 15) is 18.3 Å². The van der Waals surface area contributed by atoms with E-state index in [1.807, 2.05) is 6.92 Å². The van der Waals surface area contributed by atoms with E-state index >= 15 is 0 Å². The molecule has 1 aromatic rings. The van der Waals surface area contributed by atoms with E-state index in [1.54, 1.807) is 0 Å². The molecule has 110 valence electrons. The van der Waals surface area contributed by atoms with Gasteiger partial charge in [-0.05, 0) is 37.5 Å². The molecule has 7 heteroatoms. The van der Waals surface area contributed by atoms with Crippen molar-refractivity contribution in [3.63, 3.8) is 0 Å². The number of rotatable bonds is 6. The number of anilines is 1. The lowest BCUT2D eigenvalue weighted by Gasteiger charge is -2.22. The van der Waals surface area contributed by atoms with Crippen molar-refractivity contribution >= 4 is 21.7 Å². The molecule has 1 saturated carbocycles. The molecule has 20 heavy (non-hydrogen) atoms. The zero-order valence-corrected chi connectivity index (χ0v) is 12.1. The van der Waals surface area contributed by atoms with E-state index in [-0.39, 0.29) is 22.2 Å². The van der Waals surface area contributed by atoms with Crippen LogP contribution in [0, 0.1) is 0 Å². The van der Waals surface area contributed by atoms with Gasteiger partial charge in [0.05, 0.1) is 10.5 Å². The molecule has 0 amide bonds. The minimum absolute atomic E-state index is 0.000789. The third kappa shape index (κ3) is 2.78. The Morgan fingerprint density at radius 3 is 2.60 bits per heavy atom. The summed E-state index contributed by atoms with van der Waals surface area (Å²) >= 11 is 0. The molecule has 0 heterocycles. The molecule has 1 aliphatic carbocycles. The molecule has 0 radical (unpaired) electrons. The minimum atomic E-state index is -3.80. The Balaban J connectivity index is 2.50. The number of hydrogen-bond acceptors (Lipinski definition) is 4. The molecule has 2 rings (SSSR count). The summed E-state index contributed by atoms with van der Waals surface area (Å²) in [4.78, 5) is 11.1. The number of nitrogen functional groups attached to an aromatic ring is 1. The standard InChI is InChI=1S/C13H18N2O4S/c1-2-7-15(10-4-5-10)20(18,19)12-6-3-9(14)8-11(12)13(16)17/h3,6,8,10H,2,4-5,7,14H2,1H3,(H,16,17). The number of carboxylic acids is 1. The Kier molecular flexibility index (Phi) is 4.01. The Morgan fingerprint density at radius 1 is 1.45 bits per heavy atom. The van der Waals surface area contributed by atoms with Crippen molar-refractivity contribution in [2.45, 2.75) is 37.1 Å². The lowest BCUT2D eigenvalue weighted by Crippen LogP contribution is -2.34. The third-order valence-electron chi connectivity index (χ3n) is 3.22. The van der Waals surface area contributed by atoms with Gasteiger partial charge in [0.1, 0.15) is 0 Å². The third-order valence-corrected chi connectivity index (χ3v) is 5.23. The van der Waals surface area contributed by atoms with Crippen LogP contribution in [-0.4, -0.2) is 36.4 Å². The SMILES string of the molecule is CCCN(C1CC1)S(=O)(=O)c1ccc(N)cc1C(=O)O. The largest absolute Gasteiger partial charge is 0.478 e. The Morgan fingerprint density at radius 2 is 2.10 bits per heavy atom. The highest BCUT2D eigenvalue weighted by Crippen LogP contribution is 2.33. The Labute approximate surface area is 118 Å². The second-order valence-corrected chi connectivity index (χ2v) is 6.77. The fraction of sp³-hybridized carbons (Fsp3) is 0.462.